The van der Waals surface area contributed by atoms with E-state index in [4.69, 9.17) is 37.0 Å². The van der Waals surface area contributed by atoms with Gasteiger partial charge in [-0.3, -0.25) is 37.3 Å². The van der Waals surface area contributed by atoms with Crippen LogP contribution < -0.4 is 0 Å². The van der Waals surface area contributed by atoms with Gasteiger partial charge in [0.15, 0.2) is 12.2 Å². The van der Waals surface area contributed by atoms with E-state index in [0.29, 0.717) is 31.6 Å². The highest BCUT2D eigenvalue weighted by molar-refractivity contribution is 7.47. The summed E-state index contributed by atoms with van der Waals surface area (Å²) in [7, 11) is -9.92. The van der Waals surface area contributed by atoms with Crippen molar-refractivity contribution in [3.05, 3.63) is 0 Å². The molecule has 98 heavy (non-hydrogen) atoms. The standard InChI is InChI=1S/C79H154O17P2/c1-9-72(8)58-50-42-34-25-21-17-14-15-18-22-26-35-43-51-59-76(81)89-65-74(96-79(84)62-54-46-37-29-28-32-40-48-56-70(4)5)67-93-97(85,86)91-63-73(80)64-92-98(87,88)94-68-75(66-90-77(82)60-52-44-38-30-33-41-49-57-71(6)7)95-78(83)61-53-45-36-27-23-19-13-11-10-12-16-20-24-31-39-47-55-69(2)3/h69-75,80H,9-68H2,1-8H3,(H,85,86)(H,87,88)/t72?,73?,74-,75-/m1/s1. The monoisotopic (exact) mass is 1440 g/mol. The highest BCUT2D eigenvalue weighted by Gasteiger charge is 2.30. The fraction of sp³-hybridized carbons (Fsp3) is 0.949. The topological polar surface area (TPSA) is 237 Å². The Morgan fingerprint density at radius 2 is 0.490 bits per heavy atom. The van der Waals surface area contributed by atoms with Crippen LogP contribution in [-0.4, -0.2) is 96.7 Å². The number of carbonyl (C=O) groups is 4. The van der Waals surface area contributed by atoms with Crippen molar-refractivity contribution in [2.75, 3.05) is 39.6 Å². The lowest BCUT2D eigenvalue weighted by atomic mass is 9.99. The van der Waals surface area contributed by atoms with Gasteiger partial charge in [-0.1, -0.05) is 351 Å². The van der Waals surface area contributed by atoms with Crippen LogP contribution in [0.4, 0.5) is 0 Å². The molecule has 0 aromatic heterocycles. The smallest absolute Gasteiger partial charge is 0.462 e. The number of aliphatic hydroxyl groups excluding tert-OH is 1. The minimum absolute atomic E-state index is 0.104. The largest absolute Gasteiger partial charge is 0.472 e. The first-order chi connectivity index (χ1) is 47.1. The summed E-state index contributed by atoms with van der Waals surface area (Å²) in [6, 6.07) is 0. The molecule has 19 heteroatoms. The highest BCUT2D eigenvalue weighted by atomic mass is 31.2. The Labute approximate surface area is 600 Å². The van der Waals surface area contributed by atoms with Crippen LogP contribution in [0.25, 0.3) is 0 Å². The van der Waals surface area contributed by atoms with E-state index in [2.05, 4.69) is 55.4 Å². The average Bonchev–Trinajstić information content (AvgIpc) is 1.00. The maximum atomic E-state index is 13.1. The van der Waals surface area contributed by atoms with Crippen LogP contribution in [0.1, 0.15) is 402 Å². The number of ether oxygens (including phenoxy) is 4. The van der Waals surface area contributed by atoms with Gasteiger partial charge in [0.2, 0.25) is 0 Å². The van der Waals surface area contributed by atoms with Gasteiger partial charge in [-0.15, -0.1) is 0 Å². The molecule has 0 bridgehead atoms. The van der Waals surface area contributed by atoms with Gasteiger partial charge in [-0.25, -0.2) is 9.13 Å². The normalized spacial score (nSPS) is 14.3. The van der Waals surface area contributed by atoms with E-state index in [1.165, 1.54) is 199 Å². The molecule has 0 rings (SSSR count). The number of phosphoric acid groups is 2. The van der Waals surface area contributed by atoms with E-state index in [9.17, 15) is 43.2 Å². The van der Waals surface area contributed by atoms with Crippen LogP contribution >= 0.6 is 15.6 Å². The van der Waals surface area contributed by atoms with E-state index in [1.54, 1.807) is 0 Å². The molecule has 0 spiro atoms. The van der Waals surface area contributed by atoms with E-state index in [-0.39, 0.29) is 25.7 Å². The molecule has 0 aliphatic rings. The third kappa shape index (κ3) is 71.1. The van der Waals surface area contributed by atoms with Gasteiger partial charge in [-0.2, -0.15) is 0 Å². The van der Waals surface area contributed by atoms with Crippen molar-refractivity contribution in [3.63, 3.8) is 0 Å². The molecule has 0 saturated carbocycles. The molecule has 0 aliphatic heterocycles. The van der Waals surface area contributed by atoms with Crippen LogP contribution in [-0.2, 0) is 65.4 Å². The Hall–Kier alpha value is -1.94. The molecule has 0 radical (unpaired) electrons. The minimum atomic E-state index is -4.96. The van der Waals surface area contributed by atoms with Gasteiger partial charge in [0.1, 0.15) is 19.3 Å². The molecule has 0 aliphatic carbocycles. The summed E-state index contributed by atoms with van der Waals surface area (Å²) < 4.78 is 68.6. The molecular formula is C79H154O17P2. The second kappa shape index (κ2) is 68.2. The molecule has 0 aromatic rings. The van der Waals surface area contributed by atoms with Gasteiger partial charge in [-0.05, 0) is 49.4 Å². The van der Waals surface area contributed by atoms with Gasteiger partial charge in [0.25, 0.3) is 0 Å². The van der Waals surface area contributed by atoms with Crippen molar-refractivity contribution in [1.29, 1.82) is 0 Å². The predicted octanol–water partition coefficient (Wildman–Crippen LogP) is 23.2. The van der Waals surface area contributed by atoms with Crippen LogP contribution in [0.15, 0.2) is 0 Å². The molecule has 0 heterocycles. The molecule has 17 nitrogen and oxygen atoms in total. The van der Waals surface area contributed by atoms with Gasteiger partial charge >= 0.3 is 39.5 Å². The first-order valence-corrected chi connectivity index (χ1v) is 43.7. The Morgan fingerprint density at radius 3 is 0.724 bits per heavy atom. The summed E-state index contributed by atoms with van der Waals surface area (Å²) >= 11 is 0. The Bertz CT molecular complexity index is 1920. The number of phosphoric ester groups is 2. The summed E-state index contributed by atoms with van der Waals surface area (Å²) in [5.74, 6) is 0.963. The fourth-order valence-corrected chi connectivity index (χ4v) is 13.6. The van der Waals surface area contributed by atoms with Crippen molar-refractivity contribution in [1.82, 2.24) is 0 Å². The Morgan fingerprint density at radius 1 is 0.286 bits per heavy atom. The van der Waals surface area contributed by atoms with Crippen molar-refractivity contribution in [2.24, 2.45) is 23.7 Å². The molecule has 0 aromatic carbocycles. The lowest BCUT2D eigenvalue weighted by Crippen LogP contribution is -2.30. The Kier molecular flexibility index (Phi) is 66.8. The molecule has 0 fully saturated rings. The van der Waals surface area contributed by atoms with Crippen LogP contribution in [0, 0.1) is 23.7 Å². The summed E-state index contributed by atoms with van der Waals surface area (Å²) in [5.41, 5.74) is 0. The Balaban J connectivity index is 5.19. The molecular weight excluding hydrogens is 1280 g/mol. The van der Waals surface area contributed by atoms with Crippen molar-refractivity contribution >= 4 is 39.5 Å². The van der Waals surface area contributed by atoms with Crippen molar-refractivity contribution in [2.45, 2.75) is 420 Å². The second-order valence-corrected chi connectivity index (χ2v) is 33.0. The predicted molar refractivity (Wildman–Crippen MR) is 400 cm³/mol. The zero-order chi connectivity index (χ0) is 72.4. The lowest BCUT2D eigenvalue weighted by Gasteiger charge is -2.21. The van der Waals surface area contributed by atoms with Crippen LogP contribution in [0.5, 0.6) is 0 Å². The molecule has 582 valence electrons. The van der Waals surface area contributed by atoms with Crippen LogP contribution in [0.3, 0.4) is 0 Å². The zero-order valence-electron chi connectivity index (χ0n) is 64.4. The molecule has 3 N–H and O–H groups in total. The number of rotatable bonds is 76. The number of unbranched alkanes of at least 4 members (excludes halogenated alkanes) is 41. The summed E-state index contributed by atoms with van der Waals surface area (Å²) in [6.07, 6.45) is 54.2. The van der Waals surface area contributed by atoms with E-state index in [1.807, 2.05) is 0 Å². The quantitative estimate of drug-likeness (QED) is 0.0222. The number of hydrogen-bond acceptors (Lipinski definition) is 15. The van der Waals surface area contributed by atoms with Gasteiger partial charge in [0, 0.05) is 25.7 Å². The summed E-state index contributed by atoms with van der Waals surface area (Å²) in [4.78, 5) is 72.9. The number of carbonyl (C=O) groups excluding carboxylic acids is 4. The SMILES string of the molecule is CCC(C)CCCCCCCCCCCCCCCCC(=O)OC[C@H](COP(=O)(O)OCC(O)COP(=O)(O)OC[C@@H](COC(=O)CCCCCCCCCC(C)C)OC(=O)CCCCCCCCCCCCCCCCCCC(C)C)OC(=O)CCCCCCCCCCC(C)C. The van der Waals surface area contributed by atoms with E-state index in [0.717, 1.165) is 114 Å². The van der Waals surface area contributed by atoms with Crippen molar-refractivity contribution in [3.8, 4) is 0 Å². The van der Waals surface area contributed by atoms with E-state index < -0.39 is 97.5 Å². The lowest BCUT2D eigenvalue weighted by molar-refractivity contribution is -0.161. The molecule has 0 amide bonds. The molecule has 6 atom stereocenters. The van der Waals surface area contributed by atoms with Gasteiger partial charge < -0.3 is 33.8 Å². The fourth-order valence-electron chi connectivity index (χ4n) is 12.0. The average molecular weight is 1440 g/mol. The number of esters is 4. The summed E-state index contributed by atoms with van der Waals surface area (Å²) in [5, 5.41) is 10.6. The minimum Gasteiger partial charge on any atom is -0.462 e. The first-order valence-electron chi connectivity index (χ1n) is 40.7. The van der Waals surface area contributed by atoms with E-state index >= 15 is 0 Å². The number of aliphatic hydroxyl groups is 1. The third-order valence-corrected chi connectivity index (χ3v) is 20.6. The first kappa shape index (κ1) is 96.1. The second-order valence-electron chi connectivity index (χ2n) is 30.1. The maximum Gasteiger partial charge on any atom is 0.472 e. The highest BCUT2D eigenvalue weighted by Crippen LogP contribution is 2.45. The van der Waals surface area contributed by atoms with Crippen molar-refractivity contribution < 1.29 is 80.2 Å². The maximum absolute atomic E-state index is 13.1. The molecule has 0 saturated heterocycles. The van der Waals surface area contributed by atoms with Gasteiger partial charge in [0.05, 0.1) is 26.4 Å². The third-order valence-electron chi connectivity index (χ3n) is 18.7. The molecule has 4 unspecified atom stereocenters. The summed E-state index contributed by atoms with van der Waals surface area (Å²) in [6.45, 7) is 14.2. The number of hydrogen-bond donors (Lipinski definition) is 3. The zero-order valence-corrected chi connectivity index (χ0v) is 66.2. The van der Waals surface area contributed by atoms with Crippen LogP contribution in [0.2, 0.25) is 0 Å².